The predicted molar refractivity (Wildman–Crippen MR) is 83.1 cm³/mol. The number of hydrogen-bond acceptors (Lipinski definition) is 1. The topological polar surface area (TPSA) is 64.6 Å². The maximum absolute atomic E-state index is 8.79. The summed E-state index contributed by atoms with van der Waals surface area (Å²) >= 11 is 0. The van der Waals surface area contributed by atoms with E-state index in [0.29, 0.717) is 0 Å². The number of aromatic nitrogens is 1. The van der Waals surface area contributed by atoms with Gasteiger partial charge in [-0.2, -0.15) is 0 Å². The highest BCUT2D eigenvalue weighted by atomic mass is 15.1. The number of aromatic amines is 1. The molecule has 4 heteroatoms. The number of rotatable bonds is 2. The molecule has 4 rings (SSSR count). The van der Waals surface area contributed by atoms with Crippen LogP contribution in [0, 0.1) is 0 Å². The minimum Gasteiger partial charge on any atom is -0.361 e. The van der Waals surface area contributed by atoms with Gasteiger partial charge in [-0.3, -0.25) is 0 Å². The fraction of sp³-hybridized carbons (Fsp3) is 0.176. The SMILES string of the molecule is [N-]=[N+]=NC1CC(c2c[nH]c3ccccc23)c2ccccc21. The van der Waals surface area contributed by atoms with Gasteiger partial charge in [-0.1, -0.05) is 47.6 Å². The van der Waals surface area contributed by atoms with Gasteiger partial charge in [-0.25, -0.2) is 0 Å². The number of para-hydroxylation sites is 1. The van der Waals surface area contributed by atoms with Crippen molar-refractivity contribution in [2.24, 2.45) is 5.11 Å². The average molecular weight is 274 g/mol. The van der Waals surface area contributed by atoms with E-state index >= 15 is 0 Å². The van der Waals surface area contributed by atoms with Gasteiger partial charge in [-0.05, 0) is 34.7 Å². The Hall–Kier alpha value is -2.71. The number of azide groups is 1. The van der Waals surface area contributed by atoms with Crippen LogP contribution in [0.2, 0.25) is 0 Å². The lowest BCUT2D eigenvalue weighted by Gasteiger charge is -2.10. The molecule has 1 aliphatic carbocycles. The van der Waals surface area contributed by atoms with Crippen molar-refractivity contribution in [3.05, 3.63) is 81.9 Å². The molecular weight excluding hydrogens is 260 g/mol. The summed E-state index contributed by atoms with van der Waals surface area (Å²) in [6.07, 6.45) is 2.93. The molecule has 0 fully saturated rings. The van der Waals surface area contributed by atoms with Crippen LogP contribution >= 0.6 is 0 Å². The summed E-state index contributed by atoms with van der Waals surface area (Å²) in [6.45, 7) is 0. The molecule has 0 bridgehead atoms. The van der Waals surface area contributed by atoms with Crippen LogP contribution in [0.15, 0.2) is 59.8 Å². The first-order chi connectivity index (χ1) is 10.4. The van der Waals surface area contributed by atoms with Gasteiger partial charge in [0, 0.05) is 27.9 Å². The monoisotopic (exact) mass is 274 g/mol. The number of H-pyrrole nitrogens is 1. The third-order valence-electron chi connectivity index (χ3n) is 4.38. The number of nitrogens with zero attached hydrogens (tertiary/aromatic N) is 3. The zero-order chi connectivity index (χ0) is 14.2. The number of fused-ring (bicyclic) bond motifs is 2. The Morgan fingerprint density at radius 1 is 1.00 bits per heavy atom. The van der Waals surface area contributed by atoms with Crippen LogP contribution in [0.5, 0.6) is 0 Å². The van der Waals surface area contributed by atoms with Gasteiger partial charge in [0.1, 0.15) is 0 Å². The highest BCUT2D eigenvalue weighted by Gasteiger charge is 2.32. The van der Waals surface area contributed by atoms with Crippen LogP contribution in [0.1, 0.15) is 35.1 Å². The predicted octanol–water partition coefficient (Wildman–Crippen LogP) is 5.05. The quantitative estimate of drug-likeness (QED) is 0.386. The van der Waals surface area contributed by atoms with Gasteiger partial charge in [0.25, 0.3) is 0 Å². The lowest BCUT2D eigenvalue weighted by molar-refractivity contribution is 0.660. The zero-order valence-electron chi connectivity index (χ0n) is 11.4. The van der Waals surface area contributed by atoms with Crippen LogP contribution in [0.4, 0.5) is 0 Å². The molecule has 1 N–H and O–H groups in total. The molecule has 1 heterocycles. The molecule has 0 spiro atoms. The minimum atomic E-state index is -0.0649. The van der Waals surface area contributed by atoms with Crippen LogP contribution in [-0.4, -0.2) is 4.98 Å². The summed E-state index contributed by atoms with van der Waals surface area (Å²) in [5, 5.41) is 5.22. The molecule has 0 radical (unpaired) electrons. The van der Waals surface area contributed by atoms with Gasteiger partial charge >= 0.3 is 0 Å². The van der Waals surface area contributed by atoms with Crippen LogP contribution in [-0.2, 0) is 0 Å². The maximum atomic E-state index is 8.79. The first-order valence-electron chi connectivity index (χ1n) is 7.07. The van der Waals surface area contributed by atoms with E-state index in [2.05, 4.69) is 57.6 Å². The van der Waals surface area contributed by atoms with Crippen molar-refractivity contribution in [1.82, 2.24) is 4.98 Å². The fourth-order valence-corrected chi connectivity index (χ4v) is 3.46. The molecule has 102 valence electrons. The highest BCUT2D eigenvalue weighted by Crippen LogP contribution is 2.47. The van der Waals surface area contributed by atoms with Crippen molar-refractivity contribution < 1.29 is 0 Å². The summed E-state index contributed by atoms with van der Waals surface area (Å²) in [4.78, 5) is 6.35. The zero-order valence-corrected chi connectivity index (χ0v) is 11.4. The Morgan fingerprint density at radius 3 is 2.62 bits per heavy atom. The van der Waals surface area contributed by atoms with E-state index in [9.17, 15) is 0 Å². The van der Waals surface area contributed by atoms with Gasteiger partial charge < -0.3 is 4.98 Å². The first-order valence-corrected chi connectivity index (χ1v) is 7.07. The Morgan fingerprint density at radius 2 is 1.76 bits per heavy atom. The first kappa shape index (κ1) is 12.1. The van der Waals surface area contributed by atoms with E-state index in [-0.39, 0.29) is 12.0 Å². The van der Waals surface area contributed by atoms with E-state index in [0.717, 1.165) is 17.5 Å². The number of nitrogens with one attached hydrogen (secondary N) is 1. The second-order valence-electron chi connectivity index (χ2n) is 5.43. The van der Waals surface area contributed by atoms with Crippen LogP contribution in [0.25, 0.3) is 21.3 Å². The molecule has 1 aliphatic rings. The van der Waals surface area contributed by atoms with Crippen LogP contribution in [0.3, 0.4) is 0 Å². The summed E-state index contributed by atoms with van der Waals surface area (Å²) in [6, 6.07) is 16.5. The number of benzene rings is 2. The third-order valence-corrected chi connectivity index (χ3v) is 4.38. The Labute approximate surface area is 122 Å². The van der Waals surface area contributed by atoms with Crippen molar-refractivity contribution in [3.8, 4) is 0 Å². The third kappa shape index (κ3) is 1.81. The highest BCUT2D eigenvalue weighted by molar-refractivity contribution is 5.84. The molecule has 1 aromatic heterocycles. The van der Waals surface area contributed by atoms with Crippen molar-refractivity contribution >= 4 is 10.9 Å². The molecule has 4 nitrogen and oxygen atoms in total. The normalized spacial score (nSPS) is 20.2. The molecule has 0 saturated heterocycles. The summed E-state index contributed by atoms with van der Waals surface area (Å²) in [5.41, 5.74) is 13.7. The molecule has 3 aromatic rings. The second kappa shape index (κ2) is 4.69. The molecule has 21 heavy (non-hydrogen) atoms. The summed E-state index contributed by atoms with van der Waals surface area (Å²) in [5.74, 6) is 0.285. The second-order valence-corrected chi connectivity index (χ2v) is 5.43. The fourth-order valence-electron chi connectivity index (χ4n) is 3.46. The van der Waals surface area contributed by atoms with E-state index in [1.807, 2.05) is 12.1 Å². The maximum Gasteiger partial charge on any atom is 0.0637 e. The molecule has 0 amide bonds. The van der Waals surface area contributed by atoms with Crippen molar-refractivity contribution in [2.45, 2.75) is 18.4 Å². The summed E-state index contributed by atoms with van der Waals surface area (Å²) < 4.78 is 0. The van der Waals surface area contributed by atoms with Crippen molar-refractivity contribution in [3.63, 3.8) is 0 Å². The Bertz CT molecular complexity index is 858. The average Bonchev–Trinajstić information content (AvgIpc) is 3.10. The molecule has 2 atom stereocenters. The number of hydrogen-bond donors (Lipinski definition) is 1. The van der Waals surface area contributed by atoms with E-state index in [4.69, 9.17) is 5.53 Å². The Balaban J connectivity index is 1.88. The van der Waals surface area contributed by atoms with Gasteiger partial charge in [0.05, 0.1) is 6.04 Å². The van der Waals surface area contributed by atoms with Crippen molar-refractivity contribution in [1.29, 1.82) is 0 Å². The van der Waals surface area contributed by atoms with Crippen LogP contribution < -0.4 is 0 Å². The molecular formula is C17H14N4. The molecule has 2 unspecified atom stereocenters. The van der Waals surface area contributed by atoms with Gasteiger partial charge in [-0.15, -0.1) is 0 Å². The minimum absolute atomic E-state index is 0.0649. The van der Waals surface area contributed by atoms with E-state index in [1.165, 1.54) is 16.5 Å². The van der Waals surface area contributed by atoms with Crippen molar-refractivity contribution in [2.75, 3.05) is 0 Å². The lowest BCUT2D eigenvalue weighted by Crippen LogP contribution is -1.94. The molecule has 0 saturated carbocycles. The Kier molecular flexibility index (Phi) is 2.69. The standard InChI is InChI=1S/C17H14N4/c18-21-20-17-9-14(11-5-1-2-6-12(11)17)15-10-19-16-8-4-3-7-13(15)16/h1-8,10,14,17,19H,9H2. The molecule has 0 aliphatic heterocycles. The summed E-state index contributed by atoms with van der Waals surface area (Å²) in [7, 11) is 0. The van der Waals surface area contributed by atoms with Gasteiger partial charge in [0.2, 0.25) is 0 Å². The lowest BCUT2D eigenvalue weighted by atomic mass is 9.93. The van der Waals surface area contributed by atoms with Gasteiger partial charge in [0.15, 0.2) is 0 Å². The largest absolute Gasteiger partial charge is 0.361 e. The van der Waals surface area contributed by atoms with E-state index in [1.54, 1.807) is 0 Å². The molecule has 2 aromatic carbocycles. The van der Waals surface area contributed by atoms with E-state index < -0.39 is 0 Å². The smallest absolute Gasteiger partial charge is 0.0637 e.